The lowest BCUT2D eigenvalue weighted by Gasteiger charge is -2.36. The molecule has 0 bridgehead atoms. The van der Waals surface area contributed by atoms with Gasteiger partial charge < -0.3 is 16.6 Å². The first-order chi connectivity index (χ1) is 14.7. The van der Waals surface area contributed by atoms with E-state index >= 15 is 0 Å². The highest BCUT2D eigenvalue weighted by molar-refractivity contribution is 6.11. The van der Waals surface area contributed by atoms with Gasteiger partial charge in [-0.25, -0.2) is 23.7 Å². The van der Waals surface area contributed by atoms with E-state index in [1.54, 1.807) is 0 Å². The molecule has 2 aromatic rings. The molecule has 1 unspecified atom stereocenters. The lowest BCUT2D eigenvalue weighted by atomic mass is 9.68. The number of nitrogens with two attached hydrogens (primary N) is 2. The van der Waals surface area contributed by atoms with Crippen molar-refractivity contribution in [3.8, 4) is 0 Å². The van der Waals surface area contributed by atoms with Gasteiger partial charge >= 0.3 is 5.97 Å². The Morgan fingerprint density at radius 2 is 1.77 bits per heavy atom. The summed E-state index contributed by atoms with van der Waals surface area (Å²) in [5.41, 5.74) is 11.0. The summed E-state index contributed by atoms with van der Waals surface area (Å²) in [6.07, 6.45) is 11.3. The molecule has 2 aromatic heterocycles. The summed E-state index contributed by atoms with van der Waals surface area (Å²) in [6.45, 7) is 0. The number of carboxylic acids is 1. The fourth-order valence-corrected chi connectivity index (χ4v) is 4.51. The van der Waals surface area contributed by atoms with Gasteiger partial charge in [-0.2, -0.15) is 0 Å². The van der Waals surface area contributed by atoms with Crippen LogP contribution < -0.4 is 11.5 Å². The first-order valence-electron chi connectivity index (χ1n) is 10.2. The number of carbonyl (C=O) groups is 1. The van der Waals surface area contributed by atoms with E-state index in [0.29, 0.717) is 5.41 Å². The van der Waals surface area contributed by atoms with Crippen molar-refractivity contribution in [1.29, 1.82) is 5.41 Å². The van der Waals surface area contributed by atoms with Gasteiger partial charge in [-0.05, 0) is 43.6 Å². The Bertz CT molecular complexity index is 978. The average Bonchev–Trinajstić information content (AvgIpc) is 3.19. The zero-order valence-corrected chi connectivity index (χ0v) is 17.1. The van der Waals surface area contributed by atoms with Crippen LogP contribution in [-0.4, -0.2) is 31.7 Å². The molecule has 166 valence electrons. The molecular weight excluding hydrogens is 406 g/mol. The number of rotatable bonds is 3. The minimum atomic E-state index is -0.795. The van der Waals surface area contributed by atoms with Gasteiger partial charge in [0.25, 0.3) is 0 Å². The Balaban J connectivity index is 0.000000185. The van der Waals surface area contributed by atoms with Crippen LogP contribution in [0.1, 0.15) is 62.8 Å². The molecule has 0 aliphatic heterocycles. The number of nitrogens with zero attached hydrogens (tertiary/aromatic N) is 3. The molecule has 0 radical (unpaired) electrons. The summed E-state index contributed by atoms with van der Waals surface area (Å²) < 4.78 is 25.9. The Morgan fingerprint density at radius 1 is 1.10 bits per heavy atom. The molecule has 0 aromatic carbocycles. The first kappa shape index (κ1) is 22.5. The maximum Gasteiger partial charge on any atom is 0.306 e. The number of aromatic nitrogens is 3. The van der Waals surface area contributed by atoms with Gasteiger partial charge in [-0.1, -0.05) is 19.3 Å². The monoisotopic (exact) mass is 432 g/mol. The van der Waals surface area contributed by atoms with Gasteiger partial charge in [-0.3, -0.25) is 10.2 Å². The third kappa shape index (κ3) is 5.31. The number of hydrogen-bond donors (Lipinski definition) is 4. The Hall–Kier alpha value is -3.17. The van der Waals surface area contributed by atoms with Gasteiger partial charge in [0.05, 0.1) is 18.3 Å². The summed E-state index contributed by atoms with van der Waals surface area (Å²) >= 11 is 0. The fraction of sp³-hybridized carbons (Fsp3) is 0.476. The Labute approximate surface area is 178 Å². The highest BCUT2D eigenvalue weighted by Gasteiger charge is 2.40. The van der Waals surface area contributed by atoms with Crippen LogP contribution >= 0.6 is 0 Å². The smallest absolute Gasteiger partial charge is 0.306 e. The van der Waals surface area contributed by atoms with Crippen LogP contribution in [0.3, 0.4) is 0 Å². The predicted molar refractivity (Wildman–Crippen MR) is 111 cm³/mol. The molecule has 1 spiro atoms. The number of aliphatic carboxylic acids is 1. The topological polar surface area (TPSA) is 152 Å². The van der Waals surface area contributed by atoms with Gasteiger partial charge in [-0.15, -0.1) is 0 Å². The van der Waals surface area contributed by atoms with Gasteiger partial charge in [0, 0.05) is 5.56 Å². The van der Waals surface area contributed by atoms with Crippen LogP contribution in [0.2, 0.25) is 0 Å². The number of nitrogens with one attached hydrogen (secondary N) is 1. The maximum atomic E-state index is 13.0. The van der Waals surface area contributed by atoms with Crippen LogP contribution in [0, 0.1) is 28.4 Å². The molecule has 2 aliphatic carbocycles. The van der Waals surface area contributed by atoms with E-state index in [-0.39, 0.29) is 28.8 Å². The summed E-state index contributed by atoms with van der Waals surface area (Å²) in [5.74, 6) is -2.65. The molecule has 4 rings (SSSR count). The van der Waals surface area contributed by atoms with E-state index < -0.39 is 23.4 Å². The minimum absolute atomic E-state index is 0.0148. The van der Waals surface area contributed by atoms with Crippen molar-refractivity contribution in [3.05, 3.63) is 41.5 Å². The predicted octanol–water partition coefficient (Wildman–Crippen LogP) is 3.55. The van der Waals surface area contributed by atoms with Crippen molar-refractivity contribution < 1.29 is 18.7 Å². The molecule has 0 saturated heterocycles. The molecule has 10 heteroatoms. The second-order valence-corrected chi connectivity index (χ2v) is 8.23. The average molecular weight is 432 g/mol. The third-order valence-corrected chi connectivity index (χ3v) is 6.10. The summed E-state index contributed by atoms with van der Waals surface area (Å²) in [4.78, 5) is 21.6. The number of pyridine rings is 1. The molecule has 2 heterocycles. The second kappa shape index (κ2) is 9.32. The largest absolute Gasteiger partial charge is 0.481 e. The first-order valence-corrected chi connectivity index (χ1v) is 10.2. The number of nitrogen functional groups attached to an aromatic ring is 2. The van der Waals surface area contributed by atoms with E-state index in [1.165, 1.54) is 32.1 Å². The lowest BCUT2D eigenvalue weighted by Crippen LogP contribution is -2.29. The SMILES string of the molecule is N=C(c1ncc(F)c(N)n1)c1cc(F)cnc1N.O=C(O)C1CCCC2(CCCC2)C1. The summed E-state index contributed by atoms with van der Waals surface area (Å²) in [6, 6.07) is 1.02. The molecule has 6 N–H and O–H groups in total. The molecule has 31 heavy (non-hydrogen) atoms. The van der Waals surface area contributed by atoms with E-state index in [4.69, 9.17) is 22.0 Å². The Morgan fingerprint density at radius 3 is 2.42 bits per heavy atom. The van der Waals surface area contributed by atoms with Crippen LogP contribution in [0.15, 0.2) is 18.5 Å². The van der Waals surface area contributed by atoms with Crippen LogP contribution in [0.25, 0.3) is 0 Å². The molecule has 2 aliphatic rings. The van der Waals surface area contributed by atoms with E-state index in [1.807, 2.05) is 0 Å². The summed E-state index contributed by atoms with van der Waals surface area (Å²) in [7, 11) is 0. The summed E-state index contributed by atoms with van der Waals surface area (Å²) in [5, 5.41) is 16.8. The molecular formula is C21H26F2N6O2. The molecule has 0 amide bonds. The number of carboxylic acid groups (broad SMARTS) is 1. The fourth-order valence-electron chi connectivity index (χ4n) is 4.51. The van der Waals surface area contributed by atoms with Crippen molar-refractivity contribution >= 4 is 23.3 Å². The van der Waals surface area contributed by atoms with E-state index in [2.05, 4.69) is 15.0 Å². The quantitative estimate of drug-likeness (QED) is 0.541. The van der Waals surface area contributed by atoms with Crippen molar-refractivity contribution in [2.24, 2.45) is 11.3 Å². The normalized spacial score (nSPS) is 19.5. The van der Waals surface area contributed by atoms with Gasteiger partial charge in [0.2, 0.25) is 0 Å². The van der Waals surface area contributed by atoms with E-state index in [0.717, 1.165) is 37.7 Å². The molecule has 2 fully saturated rings. The van der Waals surface area contributed by atoms with E-state index in [9.17, 15) is 13.6 Å². The highest BCUT2D eigenvalue weighted by atomic mass is 19.1. The van der Waals surface area contributed by atoms with Crippen molar-refractivity contribution in [2.75, 3.05) is 11.5 Å². The molecule has 1 atom stereocenters. The van der Waals surface area contributed by atoms with Crippen LogP contribution in [0.4, 0.5) is 20.4 Å². The standard InChI is InChI=1S/C11H18O2.C10H8F2N6/c12-10(13)9-4-3-7-11(8-9)5-1-2-6-11;11-4-1-5(8(14)16-2-4)7(13)10-17-3-6(12)9(15)18-10/h9H,1-8H2,(H,12,13);1-3,13H,(H2,14,16)(H2,15,17,18). The number of anilines is 2. The van der Waals surface area contributed by atoms with Gasteiger partial charge in [0.1, 0.15) is 17.3 Å². The van der Waals surface area contributed by atoms with Crippen molar-refractivity contribution in [2.45, 2.75) is 51.4 Å². The maximum absolute atomic E-state index is 13.0. The Kier molecular flexibility index (Phi) is 6.77. The lowest BCUT2D eigenvalue weighted by molar-refractivity contribution is -0.144. The number of hydrogen-bond acceptors (Lipinski definition) is 7. The molecule has 2 saturated carbocycles. The third-order valence-electron chi connectivity index (χ3n) is 6.10. The van der Waals surface area contributed by atoms with Crippen molar-refractivity contribution in [1.82, 2.24) is 15.0 Å². The highest BCUT2D eigenvalue weighted by Crippen LogP contribution is 2.50. The number of halogens is 2. The zero-order valence-electron chi connectivity index (χ0n) is 17.1. The van der Waals surface area contributed by atoms with Crippen LogP contribution in [0.5, 0.6) is 0 Å². The molecule has 8 nitrogen and oxygen atoms in total. The minimum Gasteiger partial charge on any atom is -0.481 e. The second-order valence-electron chi connectivity index (χ2n) is 8.23. The van der Waals surface area contributed by atoms with Crippen molar-refractivity contribution in [3.63, 3.8) is 0 Å². The van der Waals surface area contributed by atoms with Crippen LogP contribution in [-0.2, 0) is 4.79 Å². The zero-order chi connectivity index (χ0) is 22.6. The van der Waals surface area contributed by atoms with Gasteiger partial charge in [0.15, 0.2) is 17.5 Å².